The standard InChI is InChI=1S/C19H17ClFN3O3S/c20-15-9-4-5-10-16(15)28(25,26)24-12-6-11-19(21,13-24)18-22-17(23-27-18)14-7-2-1-3-8-14/h1-5,7-10H,6,11-13H2. The van der Waals surface area contributed by atoms with Gasteiger partial charge in [0.05, 0.1) is 11.6 Å². The summed E-state index contributed by atoms with van der Waals surface area (Å²) in [5, 5.41) is 3.95. The van der Waals surface area contributed by atoms with E-state index in [0.29, 0.717) is 12.0 Å². The Bertz CT molecular complexity index is 1090. The molecule has 1 aromatic heterocycles. The van der Waals surface area contributed by atoms with E-state index in [2.05, 4.69) is 10.1 Å². The van der Waals surface area contributed by atoms with E-state index >= 15 is 4.39 Å². The summed E-state index contributed by atoms with van der Waals surface area (Å²) < 4.78 is 47.9. The molecule has 1 fully saturated rings. The van der Waals surface area contributed by atoms with E-state index in [1.807, 2.05) is 18.2 Å². The Balaban J connectivity index is 1.63. The SMILES string of the molecule is O=S(=O)(c1ccccc1Cl)N1CCCC(F)(c2nc(-c3ccccc3)no2)C1. The number of nitrogens with zero attached hydrogens (tertiary/aromatic N) is 3. The van der Waals surface area contributed by atoms with Gasteiger partial charge in [0, 0.05) is 12.1 Å². The van der Waals surface area contributed by atoms with Gasteiger partial charge in [-0.05, 0) is 25.0 Å². The van der Waals surface area contributed by atoms with E-state index < -0.39 is 22.2 Å². The summed E-state index contributed by atoms with van der Waals surface area (Å²) in [4.78, 5) is 4.14. The fraction of sp³-hybridized carbons (Fsp3) is 0.263. The average molecular weight is 422 g/mol. The van der Waals surface area contributed by atoms with Gasteiger partial charge in [-0.25, -0.2) is 12.8 Å². The molecule has 1 atom stereocenters. The molecule has 146 valence electrons. The summed E-state index contributed by atoms with van der Waals surface area (Å²) in [5.74, 6) is 0.0455. The zero-order chi connectivity index (χ0) is 19.8. The van der Waals surface area contributed by atoms with Crippen LogP contribution in [0.15, 0.2) is 64.0 Å². The molecule has 2 heterocycles. The van der Waals surface area contributed by atoms with Crippen molar-refractivity contribution in [2.24, 2.45) is 0 Å². The lowest BCUT2D eigenvalue weighted by molar-refractivity contribution is 0.0470. The van der Waals surface area contributed by atoms with Crippen molar-refractivity contribution in [3.05, 3.63) is 65.5 Å². The molecule has 1 aliphatic heterocycles. The van der Waals surface area contributed by atoms with Crippen LogP contribution in [0.4, 0.5) is 4.39 Å². The van der Waals surface area contributed by atoms with E-state index in [-0.39, 0.29) is 34.6 Å². The van der Waals surface area contributed by atoms with Crippen LogP contribution in [-0.2, 0) is 15.7 Å². The van der Waals surface area contributed by atoms with Crippen LogP contribution in [-0.4, -0.2) is 36.0 Å². The molecule has 1 unspecified atom stereocenters. The minimum Gasteiger partial charge on any atom is -0.335 e. The first-order valence-electron chi connectivity index (χ1n) is 8.73. The number of hydrogen-bond donors (Lipinski definition) is 0. The van der Waals surface area contributed by atoms with Crippen molar-refractivity contribution in [3.8, 4) is 11.4 Å². The molecule has 0 bridgehead atoms. The second-order valence-electron chi connectivity index (χ2n) is 6.63. The van der Waals surface area contributed by atoms with Gasteiger partial charge in [-0.3, -0.25) is 0 Å². The van der Waals surface area contributed by atoms with Crippen molar-refractivity contribution in [1.82, 2.24) is 14.4 Å². The summed E-state index contributed by atoms with van der Waals surface area (Å²) in [6, 6.07) is 15.2. The number of halogens is 2. The smallest absolute Gasteiger partial charge is 0.266 e. The fourth-order valence-corrected chi connectivity index (χ4v) is 5.27. The lowest BCUT2D eigenvalue weighted by atomic mass is 9.96. The Hall–Kier alpha value is -2.29. The maximum Gasteiger partial charge on any atom is 0.266 e. The Kier molecular flexibility index (Phi) is 4.95. The summed E-state index contributed by atoms with van der Waals surface area (Å²) >= 11 is 6.05. The third kappa shape index (κ3) is 3.43. The molecule has 3 aromatic rings. The van der Waals surface area contributed by atoms with Gasteiger partial charge in [-0.15, -0.1) is 0 Å². The van der Waals surface area contributed by atoms with Crippen molar-refractivity contribution in [2.45, 2.75) is 23.4 Å². The molecule has 0 radical (unpaired) electrons. The summed E-state index contributed by atoms with van der Waals surface area (Å²) in [6.45, 7) is -0.212. The minimum absolute atomic E-state index is 0.0450. The number of piperidine rings is 1. The molecular formula is C19H17ClFN3O3S. The first kappa shape index (κ1) is 19.0. The van der Waals surface area contributed by atoms with Crippen LogP contribution >= 0.6 is 11.6 Å². The Morgan fingerprint density at radius 3 is 2.57 bits per heavy atom. The van der Waals surface area contributed by atoms with Gasteiger partial charge in [0.25, 0.3) is 5.89 Å². The fourth-order valence-electron chi connectivity index (χ4n) is 3.26. The van der Waals surface area contributed by atoms with Crippen LogP contribution in [0.2, 0.25) is 5.02 Å². The largest absolute Gasteiger partial charge is 0.335 e. The number of benzene rings is 2. The second kappa shape index (κ2) is 7.27. The van der Waals surface area contributed by atoms with E-state index in [1.165, 1.54) is 12.1 Å². The number of rotatable bonds is 4. The summed E-state index contributed by atoms with van der Waals surface area (Å²) in [5.41, 5.74) is -1.37. The molecular weight excluding hydrogens is 405 g/mol. The molecule has 0 N–H and O–H groups in total. The van der Waals surface area contributed by atoms with Crippen molar-refractivity contribution < 1.29 is 17.3 Å². The van der Waals surface area contributed by atoms with Crippen LogP contribution in [0.3, 0.4) is 0 Å². The van der Waals surface area contributed by atoms with Crippen molar-refractivity contribution >= 4 is 21.6 Å². The molecule has 1 aliphatic rings. The Labute approximate surface area is 167 Å². The van der Waals surface area contributed by atoms with Gasteiger partial charge >= 0.3 is 0 Å². The first-order chi connectivity index (χ1) is 13.4. The molecule has 6 nitrogen and oxygen atoms in total. The minimum atomic E-state index is -3.95. The molecule has 1 saturated heterocycles. The quantitative estimate of drug-likeness (QED) is 0.635. The van der Waals surface area contributed by atoms with Gasteiger partial charge in [0.15, 0.2) is 0 Å². The van der Waals surface area contributed by atoms with Crippen LogP contribution < -0.4 is 0 Å². The predicted molar refractivity (Wildman–Crippen MR) is 102 cm³/mol. The molecule has 4 rings (SSSR count). The molecule has 9 heteroatoms. The maximum atomic E-state index is 15.7. The number of aromatic nitrogens is 2. The first-order valence-corrected chi connectivity index (χ1v) is 10.6. The molecule has 0 amide bonds. The summed E-state index contributed by atoms with van der Waals surface area (Å²) in [7, 11) is -3.95. The highest BCUT2D eigenvalue weighted by Gasteiger charge is 2.46. The van der Waals surface area contributed by atoms with Crippen molar-refractivity contribution in [1.29, 1.82) is 0 Å². The predicted octanol–water partition coefficient (Wildman–Crippen LogP) is 4.04. The van der Waals surface area contributed by atoms with E-state index in [0.717, 1.165) is 4.31 Å². The van der Waals surface area contributed by atoms with Crippen molar-refractivity contribution in [3.63, 3.8) is 0 Å². The van der Waals surface area contributed by atoms with Gasteiger partial charge in [0.2, 0.25) is 21.5 Å². The van der Waals surface area contributed by atoms with E-state index in [4.69, 9.17) is 16.1 Å². The van der Waals surface area contributed by atoms with E-state index in [9.17, 15) is 8.42 Å². The molecule has 28 heavy (non-hydrogen) atoms. The van der Waals surface area contributed by atoms with Crippen LogP contribution in [0, 0.1) is 0 Å². The van der Waals surface area contributed by atoms with Crippen LogP contribution in [0.25, 0.3) is 11.4 Å². The lowest BCUT2D eigenvalue weighted by Crippen LogP contribution is -2.46. The third-order valence-electron chi connectivity index (χ3n) is 4.70. The Morgan fingerprint density at radius 1 is 1.11 bits per heavy atom. The topological polar surface area (TPSA) is 76.3 Å². The van der Waals surface area contributed by atoms with E-state index in [1.54, 1.807) is 24.3 Å². The maximum absolute atomic E-state index is 15.7. The zero-order valence-corrected chi connectivity index (χ0v) is 16.3. The zero-order valence-electron chi connectivity index (χ0n) is 14.8. The van der Waals surface area contributed by atoms with Gasteiger partial charge in [-0.1, -0.05) is 59.2 Å². The van der Waals surface area contributed by atoms with Crippen molar-refractivity contribution in [2.75, 3.05) is 13.1 Å². The second-order valence-corrected chi connectivity index (χ2v) is 8.94. The van der Waals surface area contributed by atoms with Gasteiger partial charge < -0.3 is 4.52 Å². The molecule has 0 saturated carbocycles. The highest BCUT2D eigenvalue weighted by Crippen LogP contribution is 2.38. The molecule has 2 aromatic carbocycles. The van der Waals surface area contributed by atoms with Crippen LogP contribution in [0.1, 0.15) is 18.7 Å². The van der Waals surface area contributed by atoms with Gasteiger partial charge in [0.1, 0.15) is 4.90 Å². The monoisotopic (exact) mass is 421 g/mol. The highest BCUT2D eigenvalue weighted by molar-refractivity contribution is 7.89. The average Bonchev–Trinajstić information content (AvgIpc) is 3.20. The Morgan fingerprint density at radius 2 is 1.82 bits per heavy atom. The highest BCUT2D eigenvalue weighted by atomic mass is 35.5. The molecule has 0 aliphatic carbocycles. The number of sulfonamides is 1. The summed E-state index contributed by atoms with van der Waals surface area (Å²) in [6.07, 6.45) is 0.418. The van der Waals surface area contributed by atoms with Crippen LogP contribution in [0.5, 0.6) is 0 Å². The third-order valence-corrected chi connectivity index (χ3v) is 7.05. The normalized spacial score (nSPS) is 20.9. The number of hydrogen-bond acceptors (Lipinski definition) is 5. The lowest BCUT2D eigenvalue weighted by Gasteiger charge is -2.34. The van der Waals surface area contributed by atoms with Gasteiger partial charge in [-0.2, -0.15) is 9.29 Å². The number of alkyl halides is 1. The molecule has 0 spiro atoms.